The second kappa shape index (κ2) is 8.95. The van der Waals surface area contributed by atoms with Gasteiger partial charge in [-0.2, -0.15) is 9.97 Å². The molecule has 4 heterocycles. The van der Waals surface area contributed by atoms with Crippen LogP contribution in [0.25, 0.3) is 16.7 Å². The smallest absolute Gasteiger partial charge is 0.227 e. The first-order chi connectivity index (χ1) is 16.1. The number of allylic oxidation sites excluding steroid dienone is 1. The van der Waals surface area contributed by atoms with Crippen molar-refractivity contribution in [2.45, 2.75) is 20.4 Å². The number of nitrogens with one attached hydrogen (secondary N) is 2. The van der Waals surface area contributed by atoms with Crippen LogP contribution in [-0.2, 0) is 11.3 Å². The Morgan fingerprint density at radius 3 is 2.61 bits per heavy atom. The van der Waals surface area contributed by atoms with E-state index in [-0.39, 0.29) is 0 Å². The first-order valence-electron chi connectivity index (χ1n) is 11.0. The first-order valence-corrected chi connectivity index (χ1v) is 11.0. The quantitative estimate of drug-likeness (QED) is 0.439. The van der Waals surface area contributed by atoms with Crippen molar-refractivity contribution >= 4 is 28.6 Å². The minimum absolute atomic E-state index is 0.483. The minimum Gasteiger partial charge on any atom is -0.467 e. The molecule has 0 unspecified atom stereocenters. The third-order valence-electron chi connectivity index (χ3n) is 5.43. The summed E-state index contributed by atoms with van der Waals surface area (Å²) in [6, 6.07) is 12.0. The summed E-state index contributed by atoms with van der Waals surface area (Å²) in [7, 11) is 0. The van der Waals surface area contributed by atoms with Gasteiger partial charge in [0.25, 0.3) is 0 Å². The van der Waals surface area contributed by atoms with Gasteiger partial charge in [-0.3, -0.25) is 0 Å². The van der Waals surface area contributed by atoms with Crippen molar-refractivity contribution in [3.05, 3.63) is 66.3 Å². The van der Waals surface area contributed by atoms with Gasteiger partial charge in [0.05, 0.1) is 31.7 Å². The Balaban J connectivity index is 1.67. The molecule has 9 heteroatoms. The second-order valence-electron chi connectivity index (χ2n) is 8.10. The Morgan fingerprint density at radius 2 is 1.91 bits per heavy atom. The number of nitrogens with zero attached hydrogens (tertiary/aromatic N) is 5. The van der Waals surface area contributed by atoms with E-state index in [1.165, 1.54) is 5.56 Å². The third kappa shape index (κ3) is 4.40. The lowest BCUT2D eigenvalue weighted by Gasteiger charge is -2.28. The van der Waals surface area contributed by atoms with E-state index in [2.05, 4.69) is 41.2 Å². The number of hydrogen-bond acceptors (Lipinski definition) is 8. The number of morpholine rings is 1. The Morgan fingerprint density at radius 1 is 1.12 bits per heavy atom. The molecule has 170 valence electrons. The molecule has 0 spiro atoms. The summed E-state index contributed by atoms with van der Waals surface area (Å²) in [4.78, 5) is 12.0. The van der Waals surface area contributed by atoms with E-state index < -0.39 is 0 Å². The largest absolute Gasteiger partial charge is 0.467 e. The number of hydrogen-bond donors (Lipinski definition) is 2. The van der Waals surface area contributed by atoms with Crippen LogP contribution in [0.4, 0.5) is 17.6 Å². The van der Waals surface area contributed by atoms with Crippen LogP contribution in [0.2, 0.25) is 0 Å². The first kappa shape index (κ1) is 21.0. The lowest BCUT2D eigenvalue weighted by molar-refractivity contribution is 0.122. The molecule has 1 aromatic carbocycles. The van der Waals surface area contributed by atoms with Crippen LogP contribution in [0.15, 0.2) is 59.4 Å². The van der Waals surface area contributed by atoms with Gasteiger partial charge < -0.3 is 24.7 Å². The van der Waals surface area contributed by atoms with Gasteiger partial charge in [0.15, 0.2) is 11.5 Å². The molecular weight excluding hydrogens is 418 g/mol. The fourth-order valence-corrected chi connectivity index (χ4v) is 3.82. The number of aromatic nitrogens is 4. The summed E-state index contributed by atoms with van der Waals surface area (Å²) < 4.78 is 12.9. The number of rotatable bonds is 7. The van der Waals surface area contributed by atoms with Gasteiger partial charge in [0.2, 0.25) is 5.95 Å². The highest BCUT2D eigenvalue weighted by Crippen LogP contribution is 2.34. The molecule has 1 aliphatic heterocycles. The van der Waals surface area contributed by atoms with E-state index in [0.717, 1.165) is 41.4 Å². The van der Waals surface area contributed by atoms with E-state index in [1.807, 2.05) is 35.9 Å². The molecule has 2 N–H and O–H groups in total. The van der Waals surface area contributed by atoms with Crippen molar-refractivity contribution in [3.8, 4) is 5.69 Å². The lowest BCUT2D eigenvalue weighted by atomic mass is 10.2. The summed E-state index contributed by atoms with van der Waals surface area (Å²) in [5, 5.41) is 12.3. The van der Waals surface area contributed by atoms with Crippen molar-refractivity contribution < 1.29 is 9.15 Å². The number of anilines is 3. The lowest BCUT2D eigenvalue weighted by Crippen LogP contribution is -2.37. The molecule has 33 heavy (non-hydrogen) atoms. The Labute approximate surface area is 192 Å². The number of benzene rings is 1. The van der Waals surface area contributed by atoms with Gasteiger partial charge in [0.1, 0.15) is 17.0 Å². The second-order valence-corrected chi connectivity index (χ2v) is 8.10. The summed E-state index contributed by atoms with van der Waals surface area (Å²) in [5.41, 5.74) is 3.60. The number of aryl methyl sites for hydroxylation is 1. The van der Waals surface area contributed by atoms with Crippen molar-refractivity contribution in [2.75, 3.05) is 41.8 Å². The topological polar surface area (TPSA) is 93.3 Å². The van der Waals surface area contributed by atoms with Crippen molar-refractivity contribution in [1.82, 2.24) is 19.7 Å². The van der Waals surface area contributed by atoms with Gasteiger partial charge >= 0.3 is 0 Å². The zero-order valence-corrected chi connectivity index (χ0v) is 18.8. The van der Waals surface area contributed by atoms with E-state index >= 15 is 0 Å². The number of furan rings is 1. The van der Waals surface area contributed by atoms with Crippen molar-refractivity contribution in [2.24, 2.45) is 0 Å². The van der Waals surface area contributed by atoms with Gasteiger partial charge in [-0.25, -0.2) is 4.68 Å². The average Bonchev–Trinajstić information content (AvgIpc) is 3.46. The number of ether oxygens (including phenoxy) is 1. The molecule has 1 fully saturated rings. The molecule has 5 rings (SSSR count). The van der Waals surface area contributed by atoms with Crippen molar-refractivity contribution in [3.63, 3.8) is 0 Å². The maximum Gasteiger partial charge on any atom is 0.227 e. The van der Waals surface area contributed by atoms with E-state index in [4.69, 9.17) is 24.2 Å². The van der Waals surface area contributed by atoms with E-state index in [0.29, 0.717) is 37.2 Å². The van der Waals surface area contributed by atoms with Crippen LogP contribution < -0.4 is 15.5 Å². The highest BCUT2D eigenvalue weighted by atomic mass is 16.5. The van der Waals surface area contributed by atoms with Gasteiger partial charge in [-0.05, 0) is 38.1 Å². The van der Waals surface area contributed by atoms with Crippen LogP contribution in [0.1, 0.15) is 18.2 Å². The van der Waals surface area contributed by atoms with Crippen LogP contribution in [-0.4, -0.2) is 46.1 Å². The van der Waals surface area contributed by atoms with Crippen LogP contribution in [0.5, 0.6) is 0 Å². The molecule has 0 saturated carbocycles. The maximum atomic E-state index is 5.58. The maximum absolute atomic E-state index is 5.58. The molecule has 0 bridgehead atoms. The molecular formula is C24H27N7O2. The molecule has 0 amide bonds. The highest BCUT2D eigenvalue weighted by molar-refractivity contribution is 5.99. The fraction of sp³-hybridized carbons (Fsp3) is 0.292. The molecule has 4 aromatic rings. The van der Waals surface area contributed by atoms with Gasteiger partial charge in [-0.15, -0.1) is 5.10 Å². The highest BCUT2D eigenvalue weighted by Gasteiger charge is 2.24. The molecule has 3 aromatic heterocycles. The normalized spacial score (nSPS) is 13.9. The predicted octanol–water partition coefficient (Wildman–Crippen LogP) is 4.11. The molecule has 0 radical (unpaired) electrons. The predicted molar refractivity (Wildman–Crippen MR) is 129 cm³/mol. The summed E-state index contributed by atoms with van der Waals surface area (Å²) in [5.74, 6) is 2.81. The molecule has 1 aliphatic rings. The van der Waals surface area contributed by atoms with Crippen molar-refractivity contribution in [1.29, 1.82) is 0 Å². The molecule has 9 nitrogen and oxygen atoms in total. The monoisotopic (exact) mass is 445 g/mol. The van der Waals surface area contributed by atoms with E-state index in [1.54, 1.807) is 6.26 Å². The Bertz CT molecular complexity index is 1260. The van der Waals surface area contributed by atoms with Gasteiger partial charge in [-0.1, -0.05) is 24.3 Å². The summed E-state index contributed by atoms with van der Waals surface area (Å²) in [6.07, 6.45) is 1.66. The van der Waals surface area contributed by atoms with Crippen LogP contribution in [0, 0.1) is 6.92 Å². The van der Waals surface area contributed by atoms with Crippen LogP contribution >= 0.6 is 0 Å². The zero-order valence-electron chi connectivity index (χ0n) is 18.8. The molecule has 1 saturated heterocycles. The molecule has 0 aliphatic carbocycles. The Kier molecular flexibility index (Phi) is 5.70. The molecule has 0 atom stereocenters. The number of fused-ring (bicyclic) bond motifs is 1. The Hall–Kier alpha value is -3.85. The summed E-state index contributed by atoms with van der Waals surface area (Å²) >= 11 is 0. The zero-order chi connectivity index (χ0) is 22.8. The standard InChI is InChI=1S/C24H27N7O2/c1-16(2)26-21-20-22(30-10-13-32-14-11-30)27-24(25-15-19-5-4-12-33-19)28-23(20)31(29-21)18-8-6-17(3)7-9-18/h4-9,12H,1,10-11,13-15H2,2-3H3,(H,26,29)(H,25,27,28). The van der Waals surface area contributed by atoms with E-state index in [9.17, 15) is 0 Å². The fourth-order valence-electron chi connectivity index (χ4n) is 3.82. The SMILES string of the molecule is C=C(C)Nc1nn(-c2ccc(C)cc2)c2nc(NCc3ccco3)nc(N3CCOCC3)c12. The van der Waals surface area contributed by atoms with Gasteiger partial charge in [0, 0.05) is 18.8 Å². The summed E-state index contributed by atoms with van der Waals surface area (Å²) in [6.45, 7) is 11.2. The average molecular weight is 446 g/mol. The minimum atomic E-state index is 0.483. The third-order valence-corrected chi connectivity index (χ3v) is 5.43. The van der Waals surface area contributed by atoms with Crippen LogP contribution in [0.3, 0.4) is 0 Å².